The number of carbonyl (C=O) groups is 4. The molecule has 2 aromatic carbocycles. The number of ether oxygens (including phenoxy) is 1. The topological polar surface area (TPSA) is 145 Å². The number of Topliss-reactive ketones (excluding diaryl/α,β-unsaturated/α-hetero) is 1. The Kier molecular flexibility index (Phi) is 14.1. The molecular weight excluding hydrogens is 682 g/mol. The van der Waals surface area contributed by atoms with Crippen molar-refractivity contribution < 1.29 is 34.1 Å². The molecule has 1 fully saturated rings. The number of ketones is 1. The number of aromatic hydroxyl groups is 1. The smallest absolute Gasteiger partial charge is 0.243 e. The minimum Gasteiger partial charge on any atom is -0.508 e. The lowest BCUT2D eigenvalue weighted by molar-refractivity contribution is -0.146. The Bertz CT molecular complexity index is 1680. The maximum absolute atomic E-state index is 14.4. The molecule has 0 spiro atoms. The Hall–Kier alpha value is -4.28. The summed E-state index contributed by atoms with van der Waals surface area (Å²) >= 11 is 0. The molecule has 1 saturated carbocycles. The number of amides is 3. The Morgan fingerprint density at radius 1 is 1.02 bits per heavy atom. The van der Waals surface area contributed by atoms with Crippen LogP contribution < -0.4 is 10.6 Å². The van der Waals surface area contributed by atoms with E-state index in [2.05, 4.69) is 16.7 Å². The maximum Gasteiger partial charge on any atom is 0.243 e. The molecule has 2 aliphatic rings. The Labute approximate surface area is 321 Å². The number of fused-ring (bicyclic) bond motifs is 1. The highest BCUT2D eigenvalue weighted by Crippen LogP contribution is 2.56. The van der Waals surface area contributed by atoms with Crippen LogP contribution in [0.1, 0.15) is 91.2 Å². The van der Waals surface area contributed by atoms with E-state index in [0.29, 0.717) is 24.8 Å². The third kappa shape index (κ3) is 10.3. The molecule has 0 aromatic heterocycles. The molecular formula is C44H61N3O7. The fraction of sp³-hybridized carbons (Fsp3) is 0.545. The first-order valence-electron chi connectivity index (χ1n) is 19.2. The fourth-order valence-electron chi connectivity index (χ4n) is 7.85. The zero-order valence-electron chi connectivity index (χ0n) is 33.5. The van der Waals surface area contributed by atoms with Gasteiger partial charge in [-0.25, -0.2) is 0 Å². The van der Waals surface area contributed by atoms with E-state index < -0.39 is 41.0 Å². The van der Waals surface area contributed by atoms with Crippen molar-refractivity contribution in [3.8, 4) is 5.75 Å². The zero-order valence-corrected chi connectivity index (χ0v) is 33.5. The molecule has 4 N–H and O–H groups in total. The van der Waals surface area contributed by atoms with Gasteiger partial charge in [0.2, 0.25) is 17.7 Å². The normalized spacial score (nSPS) is 31.6. The van der Waals surface area contributed by atoms with Crippen LogP contribution in [0.5, 0.6) is 5.75 Å². The van der Waals surface area contributed by atoms with E-state index >= 15 is 0 Å². The van der Waals surface area contributed by atoms with E-state index in [1.54, 1.807) is 26.3 Å². The van der Waals surface area contributed by atoms with Gasteiger partial charge in [-0.15, -0.1) is 0 Å². The summed E-state index contributed by atoms with van der Waals surface area (Å²) in [6.45, 7) is 12.8. The quantitative estimate of drug-likeness (QED) is 0.278. The van der Waals surface area contributed by atoms with Crippen molar-refractivity contribution in [1.82, 2.24) is 15.5 Å². The van der Waals surface area contributed by atoms with Gasteiger partial charge in [0.05, 0.1) is 11.7 Å². The molecule has 1 aliphatic heterocycles. The van der Waals surface area contributed by atoms with Crippen LogP contribution in [0.4, 0.5) is 0 Å². The van der Waals surface area contributed by atoms with Gasteiger partial charge in [0.25, 0.3) is 0 Å². The number of allylic oxidation sites excluding steroid dienone is 3. The van der Waals surface area contributed by atoms with Gasteiger partial charge in [0.15, 0.2) is 5.78 Å². The average molecular weight is 744 g/mol. The van der Waals surface area contributed by atoms with Crippen LogP contribution in [0, 0.1) is 23.2 Å². The maximum atomic E-state index is 14.4. The first kappa shape index (κ1) is 42.5. The van der Waals surface area contributed by atoms with Crippen molar-refractivity contribution in [2.45, 2.75) is 116 Å². The average Bonchev–Trinajstić information content (AvgIpc) is 3.80. The van der Waals surface area contributed by atoms with Gasteiger partial charge in [-0.3, -0.25) is 19.2 Å². The molecule has 10 nitrogen and oxygen atoms in total. The molecule has 0 saturated heterocycles. The second kappa shape index (κ2) is 17.9. The Balaban J connectivity index is 1.81. The molecule has 0 bridgehead atoms. The van der Waals surface area contributed by atoms with Crippen LogP contribution in [0.15, 0.2) is 78.4 Å². The van der Waals surface area contributed by atoms with Crippen LogP contribution >= 0.6 is 0 Å². The third-order valence-electron chi connectivity index (χ3n) is 11.8. The van der Waals surface area contributed by atoms with Crippen LogP contribution in [-0.2, 0) is 30.3 Å². The predicted molar refractivity (Wildman–Crippen MR) is 210 cm³/mol. The number of hydrogen-bond donors (Lipinski definition) is 4. The number of aliphatic hydroxyl groups is 1. The van der Waals surface area contributed by atoms with Gasteiger partial charge in [0.1, 0.15) is 23.9 Å². The third-order valence-corrected chi connectivity index (χ3v) is 11.8. The summed E-state index contributed by atoms with van der Waals surface area (Å²) in [6.07, 6.45) is 7.83. The molecule has 54 heavy (non-hydrogen) atoms. The molecule has 294 valence electrons. The summed E-state index contributed by atoms with van der Waals surface area (Å²) < 4.78 is 5.93. The monoisotopic (exact) mass is 743 g/mol. The second-order valence-corrected chi connectivity index (χ2v) is 16.4. The van der Waals surface area contributed by atoms with Crippen LogP contribution in [0.3, 0.4) is 0 Å². The Morgan fingerprint density at radius 3 is 2.26 bits per heavy atom. The number of nitrogens with zero attached hydrogens (tertiary/aromatic N) is 1. The first-order valence-corrected chi connectivity index (χ1v) is 19.2. The predicted octanol–water partition coefficient (Wildman–Crippen LogP) is 5.87. The van der Waals surface area contributed by atoms with Gasteiger partial charge in [-0.2, -0.15) is 0 Å². The molecule has 0 radical (unpaired) electrons. The zero-order chi connectivity index (χ0) is 40.0. The van der Waals surface area contributed by atoms with E-state index in [1.165, 1.54) is 30.9 Å². The molecule has 1 heterocycles. The molecule has 2 aromatic rings. The Morgan fingerprint density at radius 2 is 1.67 bits per heavy atom. The van der Waals surface area contributed by atoms with E-state index in [1.807, 2.05) is 77.1 Å². The number of nitrogens with one attached hydrogen (secondary N) is 2. The summed E-state index contributed by atoms with van der Waals surface area (Å²) in [5.74, 6) is -2.14. The van der Waals surface area contributed by atoms with Gasteiger partial charge < -0.3 is 30.5 Å². The summed E-state index contributed by atoms with van der Waals surface area (Å²) in [5.41, 5.74) is 0.298. The molecule has 9 atom stereocenters. The van der Waals surface area contributed by atoms with Gasteiger partial charge >= 0.3 is 0 Å². The van der Waals surface area contributed by atoms with E-state index in [0.717, 1.165) is 11.1 Å². The molecule has 10 heteroatoms. The summed E-state index contributed by atoms with van der Waals surface area (Å²) in [6, 6.07) is 12.7. The highest BCUT2D eigenvalue weighted by molar-refractivity contribution is 5.96. The van der Waals surface area contributed by atoms with E-state index in [-0.39, 0.29) is 60.1 Å². The summed E-state index contributed by atoms with van der Waals surface area (Å²) in [5, 5.41) is 27.0. The summed E-state index contributed by atoms with van der Waals surface area (Å²) in [4.78, 5) is 58.7. The standard InChI is InChI=1S/C44H61N3O7/c1-10-27(2)38-41(51)45-35(23-30-19-21-33(48)22-20-30)40(50)46-39(43(5,6)53)36(49)25-34(31-17-12-11-13-18-31)28(3)15-14-16-29(4)37(54-9)24-32-26-44(32,7)42(52)47(38)8/h11-22,27-28,32,34-35,37-39,48,53H,10,23-26H2,1-9H3,(H,45,51)(H,46,50)/b15-14+,29-16+/t27-,28+,32+,34-,35+,37+,38-,39+,44+/m0/s1. The number of phenols is 1. The van der Waals surface area contributed by atoms with Crippen molar-refractivity contribution >= 4 is 23.5 Å². The lowest BCUT2D eigenvalue weighted by Crippen LogP contribution is -2.61. The van der Waals surface area contributed by atoms with Gasteiger partial charge in [0, 0.05) is 32.4 Å². The number of hydrogen-bond acceptors (Lipinski definition) is 7. The molecule has 4 rings (SSSR count). The SMILES string of the molecule is CC[C@H](C)[C@H]1C(=O)N[C@H](Cc2ccc(O)cc2)C(=O)N[C@@H](C(C)(C)O)C(=O)C[C@H](c2ccccc2)[C@H](C)/C=C/C=C(\C)[C@H](OC)C[C@@H]2C[C@@]2(C)C(=O)N1C. The largest absolute Gasteiger partial charge is 0.508 e. The van der Waals surface area contributed by atoms with E-state index in [4.69, 9.17) is 4.74 Å². The number of phenolic OH excluding ortho intramolecular Hbond substituents is 1. The number of benzene rings is 2. The fourth-order valence-corrected chi connectivity index (χ4v) is 7.85. The minimum atomic E-state index is -1.65. The molecule has 3 amide bonds. The minimum absolute atomic E-state index is 0.0338. The first-order chi connectivity index (χ1) is 25.4. The number of carbonyl (C=O) groups excluding carboxylic acids is 4. The van der Waals surface area contributed by atoms with Crippen LogP contribution in [0.25, 0.3) is 0 Å². The van der Waals surface area contributed by atoms with E-state index in [9.17, 15) is 29.4 Å². The second-order valence-electron chi connectivity index (χ2n) is 16.4. The van der Waals surface area contributed by atoms with Crippen molar-refractivity contribution in [2.75, 3.05) is 14.2 Å². The van der Waals surface area contributed by atoms with Gasteiger partial charge in [-0.05, 0) is 86.1 Å². The van der Waals surface area contributed by atoms with Crippen LogP contribution in [0.2, 0.25) is 0 Å². The highest BCUT2D eigenvalue weighted by atomic mass is 16.5. The van der Waals surface area contributed by atoms with Crippen molar-refractivity contribution in [1.29, 1.82) is 0 Å². The molecule has 1 aliphatic carbocycles. The highest BCUT2D eigenvalue weighted by Gasteiger charge is 2.58. The number of rotatable bonds is 7. The lowest BCUT2D eigenvalue weighted by atomic mass is 9.80. The lowest BCUT2D eigenvalue weighted by Gasteiger charge is -2.35. The van der Waals surface area contributed by atoms with Crippen molar-refractivity contribution in [3.05, 3.63) is 89.5 Å². The van der Waals surface area contributed by atoms with Gasteiger partial charge in [-0.1, -0.05) is 94.8 Å². The van der Waals surface area contributed by atoms with Crippen molar-refractivity contribution in [3.63, 3.8) is 0 Å². The summed E-state index contributed by atoms with van der Waals surface area (Å²) in [7, 11) is 3.33. The molecule has 0 unspecified atom stereocenters. The number of likely N-dealkylation sites (N-methyl/N-ethyl adjacent to an activating group) is 1. The number of methoxy groups -OCH3 is 1. The van der Waals surface area contributed by atoms with Crippen molar-refractivity contribution in [2.24, 2.45) is 23.2 Å². The van der Waals surface area contributed by atoms with Crippen LogP contribution in [-0.4, -0.2) is 82.6 Å².